The van der Waals surface area contributed by atoms with Crippen LogP contribution in [0.25, 0.3) is 10.8 Å². The molecule has 0 radical (unpaired) electrons. The summed E-state index contributed by atoms with van der Waals surface area (Å²) >= 11 is 5.21. The molecule has 3 rings (SSSR count). The topological polar surface area (TPSA) is 55.8 Å². The van der Waals surface area contributed by atoms with Gasteiger partial charge < -0.3 is 14.4 Å². The first-order valence-corrected chi connectivity index (χ1v) is 10.4. The number of rotatable bonds is 5. The zero-order valence-corrected chi connectivity index (χ0v) is 16.8. The van der Waals surface area contributed by atoms with Gasteiger partial charge in [-0.1, -0.05) is 30.3 Å². The van der Waals surface area contributed by atoms with Crippen LogP contribution in [0.5, 0.6) is 5.75 Å². The van der Waals surface area contributed by atoms with E-state index >= 15 is 0 Å². The van der Waals surface area contributed by atoms with Crippen molar-refractivity contribution in [2.45, 2.75) is 13.0 Å². The van der Waals surface area contributed by atoms with Gasteiger partial charge in [0.15, 0.2) is 6.61 Å². The van der Waals surface area contributed by atoms with Crippen LogP contribution in [0.2, 0.25) is 0 Å². The molecule has 1 atom stereocenters. The van der Waals surface area contributed by atoms with E-state index in [0.29, 0.717) is 24.7 Å². The number of carbonyl (C=O) groups excluding carboxylic acids is 2. The molecule has 26 heavy (non-hydrogen) atoms. The number of thioether (sulfide) groups is 1. The smallest absolute Gasteiger partial charge is 0.329 e. The Labute approximate surface area is 165 Å². The lowest BCUT2D eigenvalue weighted by atomic mass is 10.1. The fraction of sp³-hybridized carbons (Fsp3) is 0.368. The molecular weight excluding hydrogens is 418 g/mol. The molecule has 2 aromatic carbocycles. The number of carbonyl (C=O) groups is 2. The van der Waals surface area contributed by atoms with Gasteiger partial charge in [0.2, 0.25) is 0 Å². The van der Waals surface area contributed by atoms with E-state index in [9.17, 15) is 9.59 Å². The molecule has 2 aromatic rings. The zero-order valence-electron chi connectivity index (χ0n) is 14.4. The third kappa shape index (κ3) is 4.15. The highest BCUT2D eigenvalue weighted by molar-refractivity contribution is 9.10. The molecule has 0 bridgehead atoms. The Hall–Kier alpha value is -1.73. The van der Waals surface area contributed by atoms with E-state index in [1.54, 1.807) is 23.6 Å². The fourth-order valence-corrected chi connectivity index (χ4v) is 4.52. The minimum absolute atomic E-state index is 0.114. The number of hydrogen-bond acceptors (Lipinski definition) is 5. The maximum Gasteiger partial charge on any atom is 0.329 e. The highest BCUT2D eigenvalue weighted by atomic mass is 79.9. The summed E-state index contributed by atoms with van der Waals surface area (Å²) < 4.78 is 11.7. The summed E-state index contributed by atoms with van der Waals surface area (Å²) in [6.45, 7) is 2.48. The molecule has 1 amide bonds. The van der Waals surface area contributed by atoms with Gasteiger partial charge in [-0.05, 0) is 39.7 Å². The first-order chi connectivity index (χ1) is 12.6. The van der Waals surface area contributed by atoms with E-state index < -0.39 is 6.04 Å². The molecular formula is C19H20BrNO4S. The molecule has 1 aliphatic rings. The molecule has 0 aliphatic carbocycles. The van der Waals surface area contributed by atoms with Crippen molar-refractivity contribution < 1.29 is 19.1 Å². The predicted octanol–water partition coefficient (Wildman–Crippen LogP) is 3.49. The van der Waals surface area contributed by atoms with Crippen LogP contribution >= 0.6 is 27.7 Å². The summed E-state index contributed by atoms with van der Waals surface area (Å²) in [6, 6.07) is 11.2. The summed E-state index contributed by atoms with van der Waals surface area (Å²) in [4.78, 5) is 26.3. The normalized spacial score (nSPS) is 17.2. The van der Waals surface area contributed by atoms with Crippen LogP contribution < -0.4 is 4.74 Å². The quantitative estimate of drug-likeness (QED) is 0.670. The third-order valence-electron chi connectivity index (χ3n) is 4.19. The van der Waals surface area contributed by atoms with E-state index in [-0.39, 0.29) is 18.5 Å². The summed E-state index contributed by atoms with van der Waals surface area (Å²) in [6.07, 6.45) is 0. The van der Waals surface area contributed by atoms with Crippen molar-refractivity contribution in [3.05, 3.63) is 40.9 Å². The molecule has 1 aliphatic heterocycles. The Kier molecular flexibility index (Phi) is 6.43. The number of esters is 1. The number of hydrogen-bond donors (Lipinski definition) is 0. The molecule has 0 aromatic heterocycles. The van der Waals surface area contributed by atoms with Crippen molar-refractivity contribution >= 4 is 50.3 Å². The van der Waals surface area contributed by atoms with Gasteiger partial charge in [0, 0.05) is 18.1 Å². The van der Waals surface area contributed by atoms with Gasteiger partial charge in [-0.2, -0.15) is 11.8 Å². The first kappa shape index (κ1) is 19.0. The lowest BCUT2D eigenvalue weighted by Crippen LogP contribution is -2.52. The molecule has 1 fully saturated rings. The Bertz CT molecular complexity index is 813. The van der Waals surface area contributed by atoms with Crippen molar-refractivity contribution in [3.8, 4) is 5.75 Å². The molecule has 1 heterocycles. The predicted molar refractivity (Wildman–Crippen MR) is 107 cm³/mol. The second-order valence-corrected chi connectivity index (χ2v) is 7.76. The first-order valence-electron chi connectivity index (χ1n) is 8.45. The molecule has 7 heteroatoms. The SMILES string of the molecule is CCOC(=O)[C@H]1CSCCN1C(=O)COc1ccc2ccccc2c1Br. The van der Waals surface area contributed by atoms with Crippen LogP contribution in [-0.2, 0) is 14.3 Å². The second kappa shape index (κ2) is 8.77. The van der Waals surface area contributed by atoms with Crippen molar-refractivity contribution in [1.82, 2.24) is 4.90 Å². The summed E-state index contributed by atoms with van der Waals surface area (Å²) in [5, 5.41) is 2.12. The van der Waals surface area contributed by atoms with Crippen molar-refractivity contribution in [2.24, 2.45) is 0 Å². The number of fused-ring (bicyclic) bond motifs is 1. The van der Waals surface area contributed by atoms with Crippen LogP contribution in [0.3, 0.4) is 0 Å². The number of halogens is 1. The van der Waals surface area contributed by atoms with E-state index in [2.05, 4.69) is 15.9 Å². The standard InChI is InChI=1S/C19H20BrNO4S/c1-2-24-19(23)15-12-26-10-9-21(15)17(22)11-25-16-8-7-13-5-3-4-6-14(13)18(16)20/h3-8,15H,2,9-12H2,1H3/t15-/m1/s1. The van der Waals surface area contributed by atoms with Crippen LogP contribution in [-0.4, -0.2) is 54.1 Å². The Balaban J connectivity index is 1.69. The molecule has 5 nitrogen and oxygen atoms in total. The molecule has 0 unspecified atom stereocenters. The Morgan fingerprint density at radius 2 is 2.08 bits per heavy atom. The van der Waals surface area contributed by atoms with E-state index in [0.717, 1.165) is 21.0 Å². The summed E-state index contributed by atoms with van der Waals surface area (Å²) in [7, 11) is 0. The molecule has 138 valence electrons. The lowest BCUT2D eigenvalue weighted by molar-refractivity contribution is -0.154. The van der Waals surface area contributed by atoms with Crippen molar-refractivity contribution in [1.29, 1.82) is 0 Å². The minimum atomic E-state index is -0.537. The van der Waals surface area contributed by atoms with Crippen LogP contribution in [0, 0.1) is 0 Å². The number of nitrogens with zero attached hydrogens (tertiary/aromatic N) is 1. The van der Waals surface area contributed by atoms with Gasteiger partial charge in [0.25, 0.3) is 5.91 Å². The number of benzene rings is 2. The van der Waals surface area contributed by atoms with Gasteiger partial charge >= 0.3 is 5.97 Å². The zero-order chi connectivity index (χ0) is 18.5. The second-order valence-electron chi connectivity index (χ2n) is 5.82. The molecule has 0 saturated carbocycles. The maximum absolute atomic E-state index is 12.6. The van der Waals surface area contributed by atoms with Gasteiger partial charge in [-0.3, -0.25) is 4.79 Å². The summed E-state index contributed by atoms with van der Waals surface area (Å²) in [5.74, 6) is 1.42. The lowest BCUT2D eigenvalue weighted by Gasteiger charge is -2.33. The van der Waals surface area contributed by atoms with Crippen LogP contribution in [0.1, 0.15) is 6.92 Å². The van der Waals surface area contributed by atoms with E-state index in [1.807, 2.05) is 36.4 Å². The number of amides is 1. The van der Waals surface area contributed by atoms with Gasteiger partial charge in [-0.25, -0.2) is 4.79 Å². The van der Waals surface area contributed by atoms with Gasteiger partial charge in [0.1, 0.15) is 11.8 Å². The summed E-state index contributed by atoms with van der Waals surface area (Å²) in [5.41, 5.74) is 0. The van der Waals surface area contributed by atoms with Crippen LogP contribution in [0.15, 0.2) is 40.9 Å². The van der Waals surface area contributed by atoms with Gasteiger partial charge in [0.05, 0.1) is 11.1 Å². The van der Waals surface area contributed by atoms with Crippen molar-refractivity contribution in [3.63, 3.8) is 0 Å². The van der Waals surface area contributed by atoms with Gasteiger partial charge in [-0.15, -0.1) is 0 Å². The monoisotopic (exact) mass is 437 g/mol. The highest BCUT2D eigenvalue weighted by Gasteiger charge is 2.33. The van der Waals surface area contributed by atoms with E-state index in [1.165, 1.54) is 0 Å². The Morgan fingerprint density at radius 1 is 1.27 bits per heavy atom. The molecule has 0 N–H and O–H groups in total. The van der Waals surface area contributed by atoms with Crippen LogP contribution in [0.4, 0.5) is 0 Å². The largest absolute Gasteiger partial charge is 0.483 e. The minimum Gasteiger partial charge on any atom is -0.483 e. The average Bonchev–Trinajstić information content (AvgIpc) is 2.67. The van der Waals surface area contributed by atoms with Crippen molar-refractivity contribution in [2.75, 3.05) is 31.3 Å². The maximum atomic E-state index is 12.6. The van der Waals surface area contributed by atoms with E-state index in [4.69, 9.17) is 9.47 Å². The highest BCUT2D eigenvalue weighted by Crippen LogP contribution is 2.33. The number of ether oxygens (including phenoxy) is 2. The average molecular weight is 438 g/mol. The molecule has 1 saturated heterocycles. The Morgan fingerprint density at radius 3 is 2.88 bits per heavy atom. The molecule has 0 spiro atoms. The third-order valence-corrected chi connectivity index (χ3v) is 6.03. The fourth-order valence-electron chi connectivity index (χ4n) is 2.88.